The lowest BCUT2D eigenvalue weighted by Gasteiger charge is -2.19. The molecule has 2 rings (SSSR count). The van der Waals surface area contributed by atoms with Crippen molar-refractivity contribution in [2.24, 2.45) is 0 Å². The van der Waals surface area contributed by atoms with Crippen LogP contribution in [0.5, 0.6) is 11.5 Å². The predicted octanol–water partition coefficient (Wildman–Crippen LogP) is 4.80. The van der Waals surface area contributed by atoms with Crippen molar-refractivity contribution in [3.63, 3.8) is 0 Å². The summed E-state index contributed by atoms with van der Waals surface area (Å²) in [5.74, 6) is 0.774. The second-order valence-corrected chi connectivity index (χ2v) is 5.62. The van der Waals surface area contributed by atoms with E-state index in [1.807, 2.05) is 19.1 Å². The first kappa shape index (κ1) is 17.4. The number of halogens is 2. The van der Waals surface area contributed by atoms with Crippen LogP contribution in [-0.2, 0) is 4.79 Å². The third-order valence-electron chi connectivity index (χ3n) is 3.19. The molecule has 0 bridgehead atoms. The molecule has 1 atom stereocenters. The van der Waals surface area contributed by atoms with Crippen LogP contribution in [0, 0.1) is 0 Å². The number of hydrogen-bond donors (Lipinski definition) is 1. The molecule has 23 heavy (non-hydrogen) atoms. The normalized spacial score (nSPS) is 11.7. The zero-order valence-corrected chi connectivity index (χ0v) is 14.3. The van der Waals surface area contributed by atoms with Crippen LogP contribution in [0.4, 0.5) is 5.69 Å². The van der Waals surface area contributed by atoms with E-state index >= 15 is 0 Å². The summed E-state index contributed by atoms with van der Waals surface area (Å²) in [6, 6.07) is 12.0. The van der Waals surface area contributed by atoms with E-state index in [9.17, 15) is 4.79 Å². The summed E-state index contributed by atoms with van der Waals surface area (Å²) in [6.45, 7) is 1.86. The monoisotopic (exact) mass is 353 g/mol. The molecule has 0 aliphatic carbocycles. The largest absolute Gasteiger partial charge is 0.493 e. The van der Waals surface area contributed by atoms with Gasteiger partial charge in [-0.2, -0.15) is 0 Å². The summed E-state index contributed by atoms with van der Waals surface area (Å²) in [7, 11) is 1.55. The summed E-state index contributed by atoms with van der Waals surface area (Å²) in [6.07, 6.45) is -0.191. The van der Waals surface area contributed by atoms with E-state index in [4.69, 9.17) is 32.7 Å². The molecule has 0 aliphatic heterocycles. The van der Waals surface area contributed by atoms with E-state index in [1.165, 1.54) is 0 Å². The van der Waals surface area contributed by atoms with Crippen molar-refractivity contribution in [3.05, 3.63) is 52.5 Å². The number of ether oxygens (including phenoxy) is 2. The SMILES string of the molecule is CCC(Oc1ccccc1OC)C(=O)Nc1cc(Cl)ccc1Cl. The van der Waals surface area contributed by atoms with E-state index in [1.54, 1.807) is 37.4 Å². The Labute approximate surface area is 145 Å². The molecular formula is C17H17Cl2NO3. The second-order valence-electron chi connectivity index (χ2n) is 4.78. The lowest BCUT2D eigenvalue weighted by Crippen LogP contribution is -2.32. The van der Waals surface area contributed by atoms with E-state index in [2.05, 4.69) is 5.32 Å². The van der Waals surface area contributed by atoms with Crippen molar-refractivity contribution in [2.45, 2.75) is 19.4 Å². The molecule has 1 unspecified atom stereocenters. The van der Waals surface area contributed by atoms with Crippen LogP contribution in [-0.4, -0.2) is 19.1 Å². The van der Waals surface area contributed by atoms with Gasteiger partial charge in [-0.05, 0) is 36.8 Å². The van der Waals surface area contributed by atoms with E-state index in [0.717, 1.165) is 0 Å². The van der Waals surface area contributed by atoms with Crippen molar-refractivity contribution in [2.75, 3.05) is 12.4 Å². The molecule has 6 heteroatoms. The van der Waals surface area contributed by atoms with E-state index < -0.39 is 6.10 Å². The molecular weight excluding hydrogens is 337 g/mol. The highest BCUT2D eigenvalue weighted by molar-refractivity contribution is 6.35. The Bertz CT molecular complexity index is 691. The molecule has 1 N–H and O–H groups in total. The fourth-order valence-corrected chi connectivity index (χ4v) is 2.34. The molecule has 4 nitrogen and oxygen atoms in total. The van der Waals surface area contributed by atoms with Gasteiger partial charge in [0.15, 0.2) is 17.6 Å². The molecule has 0 spiro atoms. The summed E-state index contributed by atoms with van der Waals surface area (Å²) >= 11 is 12.0. The number of para-hydroxylation sites is 2. The zero-order chi connectivity index (χ0) is 16.8. The lowest BCUT2D eigenvalue weighted by atomic mass is 10.2. The molecule has 0 saturated heterocycles. The Hall–Kier alpha value is -1.91. The van der Waals surface area contributed by atoms with Crippen LogP contribution >= 0.6 is 23.2 Å². The first-order valence-electron chi connectivity index (χ1n) is 7.10. The van der Waals surface area contributed by atoms with Crippen molar-refractivity contribution in [1.29, 1.82) is 0 Å². The van der Waals surface area contributed by atoms with Gasteiger partial charge in [-0.25, -0.2) is 0 Å². The lowest BCUT2D eigenvalue weighted by molar-refractivity contribution is -0.122. The number of hydrogen-bond acceptors (Lipinski definition) is 3. The van der Waals surface area contributed by atoms with Crippen LogP contribution < -0.4 is 14.8 Å². The summed E-state index contributed by atoms with van der Waals surface area (Å²) in [5, 5.41) is 3.64. The van der Waals surface area contributed by atoms with Gasteiger partial charge >= 0.3 is 0 Å². The van der Waals surface area contributed by atoms with Crippen LogP contribution in [0.2, 0.25) is 10.0 Å². The number of anilines is 1. The molecule has 2 aromatic rings. The van der Waals surface area contributed by atoms with Gasteiger partial charge in [0.25, 0.3) is 5.91 Å². The average Bonchev–Trinajstić information content (AvgIpc) is 2.56. The maximum atomic E-state index is 12.4. The van der Waals surface area contributed by atoms with Gasteiger partial charge < -0.3 is 14.8 Å². The summed E-state index contributed by atoms with van der Waals surface area (Å²) < 4.78 is 11.0. The highest BCUT2D eigenvalue weighted by Crippen LogP contribution is 2.29. The van der Waals surface area contributed by atoms with E-state index in [0.29, 0.717) is 33.7 Å². The fraction of sp³-hybridized carbons (Fsp3) is 0.235. The minimum absolute atomic E-state index is 0.303. The van der Waals surface area contributed by atoms with Gasteiger partial charge in [-0.1, -0.05) is 42.3 Å². The van der Waals surface area contributed by atoms with Crippen LogP contribution in [0.15, 0.2) is 42.5 Å². The number of carbonyl (C=O) groups excluding carboxylic acids is 1. The van der Waals surface area contributed by atoms with Crippen molar-refractivity contribution >= 4 is 34.8 Å². The first-order valence-corrected chi connectivity index (χ1v) is 7.86. The van der Waals surface area contributed by atoms with Crippen LogP contribution in [0.25, 0.3) is 0 Å². The maximum Gasteiger partial charge on any atom is 0.265 e. The molecule has 0 saturated carbocycles. The van der Waals surface area contributed by atoms with Gasteiger partial charge in [0.05, 0.1) is 17.8 Å². The Morgan fingerprint density at radius 1 is 1.17 bits per heavy atom. The quantitative estimate of drug-likeness (QED) is 0.811. The van der Waals surface area contributed by atoms with Crippen molar-refractivity contribution < 1.29 is 14.3 Å². The molecule has 0 heterocycles. The highest BCUT2D eigenvalue weighted by Gasteiger charge is 2.21. The molecule has 0 fully saturated rings. The zero-order valence-electron chi connectivity index (χ0n) is 12.8. The average molecular weight is 354 g/mol. The third kappa shape index (κ3) is 4.53. The summed E-state index contributed by atoms with van der Waals surface area (Å²) in [4.78, 5) is 12.4. The number of nitrogens with one attached hydrogen (secondary N) is 1. The molecule has 0 aliphatic rings. The van der Waals surface area contributed by atoms with Gasteiger partial charge in [-0.3, -0.25) is 4.79 Å². The number of methoxy groups -OCH3 is 1. The van der Waals surface area contributed by atoms with Crippen molar-refractivity contribution in [3.8, 4) is 11.5 Å². The number of amides is 1. The Morgan fingerprint density at radius 3 is 2.52 bits per heavy atom. The maximum absolute atomic E-state index is 12.4. The van der Waals surface area contributed by atoms with Gasteiger partial charge in [0.1, 0.15) is 0 Å². The number of carbonyl (C=O) groups is 1. The third-order valence-corrected chi connectivity index (χ3v) is 3.75. The molecule has 0 radical (unpaired) electrons. The smallest absolute Gasteiger partial charge is 0.265 e. The topological polar surface area (TPSA) is 47.6 Å². The second kappa shape index (κ2) is 8.09. The van der Waals surface area contributed by atoms with Gasteiger partial charge in [0.2, 0.25) is 0 Å². The molecule has 122 valence electrons. The number of benzene rings is 2. The highest BCUT2D eigenvalue weighted by atomic mass is 35.5. The molecule has 2 aromatic carbocycles. The number of rotatable bonds is 6. The Morgan fingerprint density at radius 2 is 1.87 bits per heavy atom. The van der Waals surface area contributed by atoms with Gasteiger partial charge in [-0.15, -0.1) is 0 Å². The van der Waals surface area contributed by atoms with Gasteiger partial charge in [0, 0.05) is 5.02 Å². The first-order chi connectivity index (χ1) is 11.0. The summed E-state index contributed by atoms with van der Waals surface area (Å²) in [5.41, 5.74) is 0.450. The van der Waals surface area contributed by atoms with Crippen molar-refractivity contribution in [1.82, 2.24) is 0 Å². The Kier molecular flexibility index (Phi) is 6.13. The standard InChI is InChI=1S/C17H17Cl2NO3/c1-3-14(23-16-7-5-4-6-15(16)22-2)17(21)20-13-10-11(18)8-9-12(13)19/h4-10,14H,3H2,1-2H3,(H,20,21). The van der Waals surface area contributed by atoms with E-state index in [-0.39, 0.29) is 5.91 Å². The van der Waals surface area contributed by atoms with Crippen LogP contribution in [0.1, 0.15) is 13.3 Å². The predicted molar refractivity (Wildman–Crippen MR) is 92.8 cm³/mol. The minimum Gasteiger partial charge on any atom is -0.493 e. The molecule has 0 aromatic heterocycles. The Balaban J connectivity index is 2.14. The van der Waals surface area contributed by atoms with Crippen LogP contribution in [0.3, 0.4) is 0 Å². The fourth-order valence-electron chi connectivity index (χ4n) is 2.00. The molecule has 1 amide bonds. The minimum atomic E-state index is -0.679.